The van der Waals surface area contributed by atoms with Gasteiger partial charge in [0.2, 0.25) is 0 Å². The second-order valence-corrected chi connectivity index (χ2v) is 5.81. The molecule has 2 rings (SSSR count). The minimum atomic E-state index is -0.0481. The Morgan fingerprint density at radius 1 is 1.26 bits per heavy atom. The normalized spacial score (nSPS) is 27.8. The summed E-state index contributed by atoms with van der Waals surface area (Å²) in [7, 11) is 0. The molecule has 1 fully saturated rings. The van der Waals surface area contributed by atoms with Gasteiger partial charge < -0.3 is 10.4 Å². The van der Waals surface area contributed by atoms with Crippen LogP contribution in [-0.2, 0) is 0 Å². The zero-order valence-electron chi connectivity index (χ0n) is 11.8. The fourth-order valence-corrected chi connectivity index (χ4v) is 2.74. The van der Waals surface area contributed by atoms with E-state index in [4.69, 9.17) is 0 Å². The predicted molar refractivity (Wildman–Crippen MR) is 80.9 cm³/mol. The number of hydrogen-bond donors (Lipinski definition) is 2. The molecule has 2 N–H and O–H groups in total. The smallest absolute Gasteiger partial charge is 0.0613 e. The van der Waals surface area contributed by atoms with E-state index in [9.17, 15) is 5.11 Å². The zero-order valence-corrected chi connectivity index (χ0v) is 11.8. The molecule has 2 heteroatoms. The van der Waals surface area contributed by atoms with Crippen LogP contribution < -0.4 is 5.32 Å². The molecule has 19 heavy (non-hydrogen) atoms. The molecule has 0 amide bonds. The number of rotatable bonds is 5. The first kappa shape index (κ1) is 14.3. The van der Waals surface area contributed by atoms with Crippen molar-refractivity contribution in [3.63, 3.8) is 0 Å². The predicted octanol–water partition coefficient (Wildman–Crippen LogP) is 3.23. The number of aliphatic hydroxyl groups is 1. The van der Waals surface area contributed by atoms with Crippen molar-refractivity contribution in [1.82, 2.24) is 5.32 Å². The number of benzene rings is 1. The summed E-state index contributed by atoms with van der Waals surface area (Å²) in [5.74, 6) is 0.807. The average Bonchev–Trinajstić information content (AvgIpc) is 2.47. The first-order chi connectivity index (χ1) is 9.24. The highest BCUT2D eigenvalue weighted by molar-refractivity contribution is 5.48. The van der Waals surface area contributed by atoms with Crippen molar-refractivity contribution in [1.29, 1.82) is 0 Å². The van der Waals surface area contributed by atoms with Gasteiger partial charge in [0.1, 0.15) is 0 Å². The molecule has 1 aliphatic carbocycles. The minimum absolute atomic E-state index is 0.0481. The summed E-state index contributed by atoms with van der Waals surface area (Å²) in [6.45, 7) is 3.37. The second kappa shape index (κ2) is 6.88. The summed E-state index contributed by atoms with van der Waals surface area (Å²) in [6, 6.07) is 10.3. The molecule has 1 aliphatic rings. The maximum absolute atomic E-state index is 9.66. The maximum atomic E-state index is 9.66. The third-order valence-corrected chi connectivity index (χ3v) is 4.24. The zero-order chi connectivity index (χ0) is 13.6. The topological polar surface area (TPSA) is 32.3 Å². The molecule has 1 aromatic carbocycles. The maximum Gasteiger partial charge on any atom is 0.0613 e. The highest BCUT2D eigenvalue weighted by Gasteiger charge is 2.32. The van der Waals surface area contributed by atoms with E-state index in [1.807, 2.05) is 18.2 Å². The van der Waals surface area contributed by atoms with Gasteiger partial charge in [-0.15, -0.1) is 0 Å². The van der Waals surface area contributed by atoms with Crippen molar-refractivity contribution < 1.29 is 5.11 Å². The molecular weight excluding hydrogens is 234 g/mol. The van der Waals surface area contributed by atoms with Gasteiger partial charge in [-0.25, -0.2) is 0 Å². The summed E-state index contributed by atoms with van der Waals surface area (Å²) in [6.07, 6.45) is 8.88. The van der Waals surface area contributed by atoms with Crippen molar-refractivity contribution in [2.45, 2.75) is 38.1 Å². The summed E-state index contributed by atoms with van der Waals surface area (Å²) in [5, 5.41) is 13.2. The van der Waals surface area contributed by atoms with Crippen molar-refractivity contribution in [3.8, 4) is 0 Å². The molecular formula is C17H25NO. The molecule has 0 spiro atoms. The van der Waals surface area contributed by atoms with E-state index in [2.05, 4.69) is 36.5 Å². The summed E-state index contributed by atoms with van der Waals surface area (Å²) < 4.78 is 0. The molecule has 0 heterocycles. The van der Waals surface area contributed by atoms with Gasteiger partial charge in [0.05, 0.1) is 6.61 Å². The van der Waals surface area contributed by atoms with Crippen LogP contribution in [0.3, 0.4) is 0 Å². The van der Waals surface area contributed by atoms with Gasteiger partial charge in [-0.05, 0) is 37.2 Å². The first-order valence-electron chi connectivity index (χ1n) is 7.32. The van der Waals surface area contributed by atoms with Crippen LogP contribution in [-0.4, -0.2) is 23.8 Å². The van der Waals surface area contributed by atoms with Crippen molar-refractivity contribution in [2.75, 3.05) is 13.2 Å². The Morgan fingerprint density at radius 3 is 2.58 bits per heavy atom. The van der Waals surface area contributed by atoms with E-state index in [-0.39, 0.29) is 12.1 Å². The minimum Gasteiger partial charge on any atom is -0.394 e. The summed E-state index contributed by atoms with van der Waals surface area (Å²) >= 11 is 0. The molecule has 0 atom stereocenters. The lowest BCUT2D eigenvalue weighted by molar-refractivity contribution is 0.109. The van der Waals surface area contributed by atoms with Crippen LogP contribution in [0.4, 0.5) is 0 Å². The summed E-state index contributed by atoms with van der Waals surface area (Å²) in [5.41, 5.74) is 1.17. The van der Waals surface area contributed by atoms with Gasteiger partial charge in [-0.2, -0.15) is 0 Å². The Kier molecular flexibility index (Phi) is 5.17. The molecule has 1 aromatic rings. The van der Waals surface area contributed by atoms with Crippen LogP contribution >= 0.6 is 0 Å². The molecule has 0 aliphatic heterocycles. The van der Waals surface area contributed by atoms with E-state index >= 15 is 0 Å². The van der Waals surface area contributed by atoms with Gasteiger partial charge in [-0.3, -0.25) is 0 Å². The van der Waals surface area contributed by atoms with Crippen LogP contribution in [0.5, 0.6) is 0 Å². The standard InChI is InChI=1S/C17H25NO/c1-15-9-11-17(14-19,12-10-15)18-13-5-8-16-6-3-2-4-7-16/h2-8,15,18-19H,9-14H2,1H3. The van der Waals surface area contributed by atoms with E-state index in [0.717, 1.165) is 25.3 Å². The Bertz CT molecular complexity index is 391. The lowest BCUT2D eigenvalue weighted by Crippen LogP contribution is -2.50. The van der Waals surface area contributed by atoms with Crippen molar-refractivity contribution >= 4 is 6.08 Å². The van der Waals surface area contributed by atoms with Crippen LogP contribution in [0.1, 0.15) is 38.2 Å². The van der Waals surface area contributed by atoms with Crippen LogP contribution in [0.2, 0.25) is 0 Å². The largest absolute Gasteiger partial charge is 0.394 e. The molecule has 0 radical (unpaired) electrons. The van der Waals surface area contributed by atoms with E-state index in [1.165, 1.54) is 18.4 Å². The fraction of sp³-hybridized carbons (Fsp3) is 0.529. The molecule has 2 nitrogen and oxygen atoms in total. The number of nitrogens with one attached hydrogen (secondary N) is 1. The van der Waals surface area contributed by atoms with Gasteiger partial charge in [-0.1, -0.05) is 49.4 Å². The van der Waals surface area contributed by atoms with Crippen molar-refractivity contribution in [2.24, 2.45) is 5.92 Å². The SMILES string of the molecule is CC1CCC(CO)(NCC=Cc2ccccc2)CC1. The molecule has 104 valence electrons. The molecule has 0 aromatic heterocycles. The third kappa shape index (κ3) is 4.19. The van der Waals surface area contributed by atoms with E-state index in [1.54, 1.807) is 0 Å². The third-order valence-electron chi connectivity index (χ3n) is 4.24. The van der Waals surface area contributed by atoms with E-state index < -0.39 is 0 Å². The lowest BCUT2D eigenvalue weighted by Gasteiger charge is -2.38. The van der Waals surface area contributed by atoms with Crippen LogP contribution in [0, 0.1) is 5.92 Å². The van der Waals surface area contributed by atoms with Gasteiger partial charge in [0.25, 0.3) is 0 Å². The monoisotopic (exact) mass is 259 g/mol. The Hall–Kier alpha value is -1.12. The number of aliphatic hydroxyl groups excluding tert-OH is 1. The average molecular weight is 259 g/mol. The molecule has 0 saturated heterocycles. The van der Waals surface area contributed by atoms with Gasteiger partial charge in [0, 0.05) is 12.1 Å². The molecule has 1 saturated carbocycles. The highest BCUT2D eigenvalue weighted by Crippen LogP contribution is 2.31. The Morgan fingerprint density at radius 2 is 1.95 bits per heavy atom. The Labute approximate surface area is 116 Å². The second-order valence-electron chi connectivity index (χ2n) is 5.81. The Balaban J connectivity index is 1.82. The summed E-state index contributed by atoms with van der Waals surface area (Å²) in [4.78, 5) is 0. The quantitative estimate of drug-likeness (QED) is 0.851. The van der Waals surface area contributed by atoms with Crippen LogP contribution in [0.15, 0.2) is 36.4 Å². The highest BCUT2D eigenvalue weighted by atomic mass is 16.3. The molecule has 0 unspecified atom stereocenters. The van der Waals surface area contributed by atoms with E-state index in [0.29, 0.717) is 0 Å². The number of hydrogen-bond acceptors (Lipinski definition) is 2. The van der Waals surface area contributed by atoms with Gasteiger partial charge >= 0.3 is 0 Å². The lowest BCUT2D eigenvalue weighted by atomic mass is 9.77. The van der Waals surface area contributed by atoms with Crippen LogP contribution in [0.25, 0.3) is 6.08 Å². The molecule has 0 bridgehead atoms. The first-order valence-corrected chi connectivity index (χ1v) is 7.32. The van der Waals surface area contributed by atoms with Gasteiger partial charge in [0.15, 0.2) is 0 Å². The fourth-order valence-electron chi connectivity index (χ4n) is 2.74. The van der Waals surface area contributed by atoms with Crippen molar-refractivity contribution in [3.05, 3.63) is 42.0 Å².